The minimum atomic E-state index is 0.282. The molecule has 2 atom stereocenters. The molecule has 0 aromatic carbocycles. The lowest BCUT2D eigenvalue weighted by Crippen LogP contribution is -2.58. The molecule has 3 nitrogen and oxygen atoms in total. The summed E-state index contributed by atoms with van der Waals surface area (Å²) in [5.74, 6) is 0. The van der Waals surface area contributed by atoms with Crippen LogP contribution in [0.2, 0.25) is 0 Å². The van der Waals surface area contributed by atoms with Gasteiger partial charge in [0.1, 0.15) is 0 Å². The van der Waals surface area contributed by atoms with Crippen LogP contribution in [0.1, 0.15) is 45.4 Å². The predicted molar refractivity (Wildman–Crippen MR) is 73.2 cm³/mol. The first-order valence-electron chi connectivity index (χ1n) is 7.40. The smallest absolute Gasteiger partial charge is 0.0496 e. The number of hydrogen-bond acceptors (Lipinski definition) is 3. The zero-order valence-electron chi connectivity index (χ0n) is 11.6. The molecule has 0 spiro atoms. The van der Waals surface area contributed by atoms with Crippen LogP contribution in [0.3, 0.4) is 0 Å². The molecule has 100 valence electrons. The monoisotopic (exact) mass is 239 g/mol. The molecule has 2 N–H and O–H groups in total. The fraction of sp³-hybridized carbons (Fsp3) is 1.00. The maximum atomic E-state index is 6.16. The van der Waals surface area contributed by atoms with E-state index in [4.69, 9.17) is 5.73 Å². The molecule has 17 heavy (non-hydrogen) atoms. The minimum absolute atomic E-state index is 0.282. The van der Waals surface area contributed by atoms with E-state index in [2.05, 4.69) is 23.8 Å². The molecule has 0 bridgehead atoms. The van der Waals surface area contributed by atoms with Gasteiger partial charge in [-0.15, -0.1) is 0 Å². The van der Waals surface area contributed by atoms with E-state index in [9.17, 15) is 0 Å². The molecule has 0 aromatic heterocycles. The second kappa shape index (κ2) is 5.68. The SMILES string of the molecule is CCCCCN(C)C1(CN)CCN2CCCC21. The maximum absolute atomic E-state index is 6.16. The van der Waals surface area contributed by atoms with Gasteiger partial charge in [0.2, 0.25) is 0 Å². The van der Waals surface area contributed by atoms with Gasteiger partial charge in [-0.05, 0) is 45.8 Å². The van der Waals surface area contributed by atoms with Gasteiger partial charge in [-0.25, -0.2) is 0 Å². The van der Waals surface area contributed by atoms with E-state index in [1.165, 1.54) is 58.2 Å². The van der Waals surface area contributed by atoms with Crippen LogP contribution in [0.25, 0.3) is 0 Å². The Balaban J connectivity index is 1.98. The van der Waals surface area contributed by atoms with Crippen molar-refractivity contribution in [3.05, 3.63) is 0 Å². The highest BCUT2D eigenvalue weighted by Gasteiger charge is 2.50. The highest BCUT2D eigenvalue weighted by Crippen LogP contribution is 2.39. The molecule has 2 heterocycles. The third-order valence-electron chi connectivity index (χ3n) is 5.03. The van der Waals surface area contributed by atoms with Crippen LogP contribution in [0, 0.1) is 0 Å². The van der Waals surface area contributed by atoms with Gasteiger partial charge < -0.3 is 5.73 Å². The summed E-state index contributed by atoms with van der Waals surface area (Å²) in [4.78, 5) is 5.25. The molecule has 2 rings (SSSR count). The number of nitrogens with zero attached hydrogens (tertiary/aromatic N) is 2. The molecule has 2 aliphatic rings. The first kappa shape index (κ1) is 13.3. The average Bonchev–Trinajstić information content (AvgIpc) is 2.90. The Morgan fingerprint density at radius 1 is 1.35 bits per heavy atom. The summed E-state index contributed by atoms with van der Waals surface area (Å²) in [5.41, 5.74) is 6.44. The van der Waals surface area contributed by atoms with E-state index in [-0.39, 0.29) is 5.54 Å². The largest absolute Gasteiger partial charge is 0.329 e. The van der Waals surface area contributed by atoms with Gasteiger partial charge in [-0.1, -0.05) is 19.8 Å². The van der Waals surface area contributed by atoms with Crippen LogP contribution >= 0.6 is 0 Å². The summed E-state index contributed by atoms with van der Waals surface area (Å²) in [6.45, 7) is 6.88. The lowest BCUT2D eigenvalue weighted by molar-refractivity contribution is 0.0891. The Kier molecular flexibility index (Phi) is 4.45. The first-order valence-corrected chi connectivity index (χ1v) is 7.40. The van der Waals surface area contributed by atoms with Crippen LogP contribution in [-0.2, 0) is 0 Å². The van der Waals surface area contributed by atoms with Crippen molar-refractivity contribution in [1.82, 2.24) is 9.80 Å². The number of hydrogen-bond donors (Lipinski definition) is 1. The molecule has 0 amide bonds. The number of unbranched alkanes of at least 4 members (excludes halogenated alkanes) is 2. The van der Waals surface area contributed by atoms with Crippen molar-refractivity contribution in [3.8, 4) is 0 Å². The topological polar surface area (TPSA) is 32.5 Å². The standard InChI is InChI=1S/C14H29N3/c1-3-4-5-9-16(2)14(12-15)8-11-17-10-6-7-13(14)17/h13H,3-12,15H2,1-2H3. The molecule has 2 fully saturated rings. The normalized spacial score (nSPS) is 33.5. The predicted octanol–water partition coefficient (Wildman–Crippen LogP) is 1.67. The molecule has 2 aliphatic heterocycles. The lowest BCUT2D eigenvalue weighted by Gasteiger charge is -2.42. The lowest BCUT2D eigenvalue weighted by atomic mass is 9.86. The Morgan fingerprint density at radius 3 is 2.88 bits per heavy atom. The molecule has 0 aliphatic carbocycles. The van der Waals surface area contributed by atoms with Crippen molar-refractivity contribution in [1.29, 1.82) is 0 Å². The van der Waals surface area contributed by atoms with E-state index in [0.29, 0.717) is 0 Å². The van der Waals surface area contributed by atoms with Crippen molar-refractivity contribution in [2.24, 2.45) is 5.73 Å². The van der Waals surface area contributed by atoms with Gasteiger partial charge in [0.15, 0.2) is 0 Å². The Labute approximate surface area is 106 Å². The number of fused-ring (bicyclic) bond motifs is 1. The van der Waals surface area contributed by atoms with Gasteiger partial charge in [0.25, 0.3) is 0 Å². The van der Waals surface area contributed by atoms with E-state index in [0.717, 1.165) is 12.6 Å². The van der Waals surface area contributed by atoms with Crippen molar-refractivity contribution in [2.75, 3.05) is 33.2 Å². The summed E-state index contributed by atoms with van der Waals surface area (Å²) >= 11 is 0. The molecule has 2 unspecified atom stereocenters. The van der Waals surface area contributed by atoms with Gasteiger partial charge in [0.05, 0.1) is 0 Å². The van der Waals surface area contributed by atoms with Gasteiger partial charge in [0, 0.05) is 24.7 Å². The molecular weight excluding hydrogens is 210 g/mol. The molecule has 2 saturated heterocycles. The zero-order chi connectivity index (χ0) is 12.3. The molecule has 0 radical (unpaired) electrons. The van der Waals surface area contributed by atoms with Crippen LogP contribution in [-0.4, -0.2) is 54.6 Å². The third kappa shape index (κ3) is 2.38. The number of nitrogens with two attached hydrogens (primary N) is 1. The summed E-state index contributed by atoms with van der Waals surface area (Å²) in [5, 5.41) is 0. The quantitative estimate of drug-likeness (QED) is 0.716. The summed E-state index contributed by atoms with van der Waals surface area (Å²) < 4.78 is 0. The zero-order valence-corrected chi connectivity index (χ0v) is 11.6. The van der Waals surface area contributed by atoms with E-state index >= 15 is 0 Å². The summed E-state index contributed by atoms with van der Waals surface area (Å²) in [6.07, 6.45) is 7.97. The highest BCUT2D eigenvalue weighted by molar-refractivity contribution is 5.09. The molecule has 0 aromatic rings. The van der Waals surface area contributed by atoms with Crippen molar-refractivity contribution in [3.63, 3.8) is 0 Å². The molecular formula is C14H29N3. The fourth-order valence-electron chi connectivity index (χ4n) is 3.87. The van der Waals surface area contributed by atoms with Gasteiger partial charge in [-0.2, -0.15) is 0 Å². The van der Waals surface area contributed by atoms with Crippen molar-refractivity contribution >= 4 is 0 Å². The van der Waals surface area contributed by atoms with Crippen LogP contribution in [0.4, 0.5) is 0 Å². The Morgan fingerprint density at radius 2 is 2.18 bits per heavy atom. The van der Waals surface area contributed by atoms with E-state index in [1.54, 1.807) is 0 Å². The fourth-order valence-corrected chi connectivity index (χ4v) is 3.87. The Bertz CT molecular complexity index is 244. The highest BCUT2D eigenvalue weighted by atomic mass is 15.3. The average molecular weight is 239 g/mol. The Hall–Kier alpha value is -0.120. The maximum Gasteiger partial charge on any atom is 0.0496 e. The molecule has 3 heteroatoms. The first-order chi connectivity index (χ1) is 8.24. The third-order valence-corrected chi connectivity index (χ3v) is 5.03. The van der Waals surface area contributed by atoms with E-state index < -0.39 is 0 Å². The summed E-state index contributed by atoms with van der Waals surface area (Å²) in [6, 6.07) is 0.735. The van der Waals surface area contributed by atoms with E-state index in [1.807, 2.05) is 0 Å². The second-order valence-corrected chi connectivity index (χ2v) is 5.88. The second-order valence-electron chi connectivity index (χ2n) is 5.88. The van der Waals surface area contributed by atoms with Crippen LogP contribution in [0.15, 0.2) is 0 Å². The van der Waals surface area contributed by atoms with Crippen LogP contribution < -0.4 is 5.73 Å². The van der Waals surface area contributed by atoms with Gasteiger partial charge >= 0.3 is 0 Å². The van der Waals surface area contributed by atoms with Crippen LogP contribution in [0.5, 0.6) is 0 Å². The van der Waals surface area contributed by atoms with Gasteiger partial charge in [-0.3, -0.25) is 9.80 Å². The minimum Gasteiger partial charge on any atom is -0.329 e. The number of rotatable bonds is 6. The van der Waals surface area contributed by atoms with Crippen molar-refractivity contribution < 1.29 is 0 Å². The van der Waals surface area contributed by atoms with Crippen molar-refractivity contribution in [2.45, 2.75) is 57.0 Å². The number of likely N-dealkylation sites (N-methyl/N-ethyl adjacent to an activating group) is 1. The summed E-state index contributed by atoms with van der Waals surface area (Å²) in [7, 11) is 2.30. The molecule has 0 saturated carbocycles.